The number of ether oxygens (including phenoxy) is 1. The van der Waals surface area contributed by atoms with Gasteiger partial charge >= 0.3 is 0 Å². The Morgan fingerprint density at radius 2 is 1.90 bits per heavy atom. The Bertz CT molecular complexity index is 836. The van der Waals surface area contributed by atoms with Crippen LogP contribution in [0.15, 0.2) is 47.5 Å². The van der Waals surface area contributed by atoms with E-state index in [-0.39, 0.29) is 18.2 Å². The van der Waals surface area contributed by atoms with Gasteiger partial charge in [0.15, 0.2) is 5.96 Å². The SMILES string of the molecule is CCNC(=NCC(c1c(F)cccc1F)N(C)C)NC1CCOc2ccccc21. The number of para-hydroxylation sites is 1. The van der Waals surface area contributed by atoms with E-state index in [9.17, 15) is 8.78 Å². The number of nitrogens with one attached hydrogen (secondary N) is 2. The van der Waals surface area contributed by atoms with Crippen LogP contribution in [-0.4, -0.2) is 44.7 Å². The van der Waals surface area contributed by atoms with Gasteiger partial charge in [0, 0.05) is 24.1 Å². The molecule has 0 bridgehead atoms. The molecule has 1 aliphatic heterocycles. The molecule has 0 amide bonds. The monoisotopic (exact) mass is 402 g/mol. The predicted molar refractivity (Wildman–Crippen MR) is 111 cm³/mol. The Balaban J connectivity index is 1.81. The van der Waals surface area contributed by atoms with Gasteiger partial charge < -0.3 is 20.3 Å². The van der Waals surface area contributed by atoms with E-state index in [4.69, 9.17) is 4.74 Å². The molecular weight excluding hydrogens is 374 g/mol. The van der Waals surface area contributed by atoms with Crippen LogP contribution < -0.4 is 15.4 Å². The second-order valence-corrected chi connectivity index (χ2v) is 7.21. The van der Waals surface area contributed by atoms with Gasteiger partial charge in [0.25, 0.3) is 0 Å². The summed E-state index contributed by atoms with van der Waals surface area (Å²) in [5, 5.41) is 6.67. The first-order valence-electron chi connectivity index (χ1n) is 9.88. The molecule has 2 N–H and O–H groups in total. The number of benzene rings is 2. The Morgan fingerprint density at radius 3 is 2.59 bits per heavy atom. The average molecular weight is 402 g/mol. The van der Waals surface area contributed by atoms with E-state index in [0.717, 1.165) is 17.7 Å². The molecule has 0 aliphatic carbocycles. The zero-order valence-corrected chi connectivity index (χ0v) is 17.1. The van der Waals surface area contributed by atoms with Crippen LogP contribution >= 0.6 is 0 Å². The normalized spacial score (nSPS) is 17.4. The average Bonchev–Trinajstić information content (AvgIpc) is 2.70. The molecule has 0 aromatic heterocycles. The zero-order valence-electron chi connectivity index (χ0n) is 17.1. The van der Waals surface area contributed by atoms with Gasteiger partial charge in [0.1, 0.15) is 17.4 Å². The highest BCUT2D eigenvalue weighted by Gasteiger charge is 2.24. The fourth-order valence-corrected chi connectivity index (χ4v) is 3.50. The summed E-state index contributed by atoms with van der Waals surface area (Å²) in [6, 6.07) is 11.4. The molecule has 1 heterocycles. The largest absolute Gasteiger partial charge is 0.493 e. The third kappa shape index (κ3) is 5.03. The number of nitrogens with zero attached hydrogens (tertiary/aromatic N) is 2. The van der Waals surface area contributed by atoms with Crippen molar-refractivity contribution in [2.45, 2.75) is 25.4 Å². The molecule has 5 nitrogen and oxygen atoms in total. The lowest BCUT2D eigenvalue weighted by Crippen LogP contribution is -2.41. The van der Waals surface area contributed by atoms with E-state index in [2.05, 4.69) is 15.6 Å². The molecule has 2 unspecified atom stereocenters. The smallest absolute Gasteiger partial charge is 0.191 e. The number of guanidine groups is 1. The molecule has 1 aliphatic rings. The lowest BCUT2D eigenvalue weighted by molar-refractivity contribution is 0.261. The van der Waals surface area contributed by atoms with Crippen molar-refractivity contribution in [1.82, 2.24) is 15.5 Å². The number of hydrogen-bond acceptors (Lipinski definition) is 3. The Labute approximate surface area is 170 Å². The minimum Gasteiger partial charge on any atom is -0.493 e. The molecule has 7 heteroatoms. The Morgan fingerprint density at radius 1 is 1.17 bits per heavy atom. The summed E-state index contributed by atoms with van der Waals surface area (Å²) in [6.07, 6.45) is 0.806. The highest BCUT2D eigenvalue weighted by Crippen LogP contribution is 2.31. The molecule has 3 rings (SSSR count). The highest BCUT2D eigenvalue weighted by atomic mass is 19.1. The van der Waals surface area contributed by atoms with Crippen molar-refractivity contribution < 1.29 is 13.5 Å². The van der Waals surface area contributed by atoms with Gasteiger partial charge in [-0.25, -0.2) is 8.78 Å². The second-order valence-electron chi connectivity index (χ2n) is 7.21. The Hall–Kier alpha value is -2.67. The number of rotatable bonds is 6. The van der Waals surface area contributed by atoms with Crippen LogP contribution in [0.4, 0.5) is 8.78 Å². The van der Waals surface area contributed by atoms with E-state index in [1.54, 1.807) is 19.0 Å². The molecule has 2 aromatic carbocycles. The van der Waals surface area contributed by atoms with E-state index < -0.39 is 17.7 Å². The van der Waals surface area contributed by atoms with Gasteiger partial charge in [0.05, 0.1) is 25.2 Å². The third-order valence-corrected chi connectivity index (χ3v) is 4.99. The quantitative estimate of drug-likeness (QED) is 0.572. The van der Waals surface area contributed by atoms with E-state index in [0.29, 0.717) is 19.1 Å². The van der Waals surface area contributed by atoms with E-state index >= 15 is 0 Å². The molecule has 156 valence electrons. The maximum absolute atomic E-state index is 14.3. The maximum Gasteiger partial charge on any atom is 0.191 e. The summed E-state index contributed by atoms with van der Waals surface area (Å²) in [6.45, 7) is 3.49. The first-order chi connectivity index (χ1) is 14.0. The van der Waals surface area contributed by atoms with Gasteiger partial charge in [-0.2, -0.15) is 0 Å². The fraction of sp³-hybridized carbons (Fsp3) is 0.409. The number of fused-ring (bicyclic) bond motifs is 1. The molecule has 29 heavy (non-hydrogen) atoms. The van der Waals surface area contributed by atoms with Crippen LogP contribution in [0.1, 0.15) is 36.6 Å². The van der Waals surface area contributed by atoms with Gasteiger partial charge in [-0.3, -0.25) is 4.99 Å². The van der Waals surface area contributed by atoms with Crippen molar-refractivity contribution in [1.29, 1.82) is 0 Å². The van der Waals surface area contributed by atoms with Gasteiger partial charge in [-0.05, 0) is 39.2 Å². The lowest BCUT2D eigenvalue weighted by Gasteiger charge is -2.29. The van der Waals surface area contributed by atoms with Crippen molar-refractivity contribution in [2.75, 3.05) is 33.8 Å². The highest BCUT2D eigenvalue weighted by molar-refractivity contribution is 5.80. The van der Waals surface area contributed by atoms with Crippen LogP contribution in [0, 0.1) is 11.6 Å². The molecule has 0 saturated carbocycles. The number of halogens is 2. The molecule has 0 saturated heterocycles. The topological polar surface area (TPSA) is 48.9 Å². The Kier molecular flexibility index (Phi) is 7.04. The number of likely N-dealkylation sites (N-methyl/N-ethyl adjacent to an activating group) is 1. The maximum atomic E-state index is 14.3. The molecule has 0 radical (unpaired) electrons. The molecular formula is C22H28F2N4O. The standard InChI is InChI=1S/C22H28F2N4O/c1-4-25-22(27-18-12-13-29-20-11-6-5-8-15(18)20)26-14-19(28(2)3)21-16(23)9-7-10-17(21)24/h5-11,18-19H,4,12-14H2,1-3H3,(H2,25,26,27). The summed E-state index contributed by atoms with van der Waals surface area (Å²) < 4.78 is 34.3. The molecule has 2 atom stereocenters. The van der Waals surface area contributed by atoms with Crippen molar-refractivity contribution in [3.05, 3.63) is 65.2 Å². The summed E-state index contributed by atoms with van der Waals surface area (Å²) in [4.78, 5) is 6.42. The van der Waals surface area contributed by atoms with Gasteiger partial charge in [0.2, 0.25) is 0 Å². The van der Waals surface area contributed by atoms with Crippen LogP contribution in [0.2, 0.25) is 0 Å². The number of aliphatic imine (C=N–C) groups is 1. The van der Waals surface area contributed by atoms with Gasteiger partial charge in [-0.15, -0.1) is 0 Å². The second kappa shape index (κ2) is 9.69. The van der Waals surface area contributed by atoms with Crippen molar-refractivity contribution >= 4 is 5.96 Å². The van der Waals surface area contributed by atoms with Crippen LogP contribution in [-0.2, 0) is 0 Å². The summed E-state index contributed by atoms with van der Waals surface area (Å²) >= 11 is 0. The minimum atomic E-state index is -0.560. The van der Waals surface area contributed by atoms with E-state index in [1.807, 2.05) is 31.2 Å². The van der Waals surface area contributed by atoms with Crippen molar-refractivity contribution in [3.8, 4) is 5.75 Å². The lowest BCUT2D eigenvalue weighted by atomic mass is 10.0. The zero-order chi connectivity index (χ0) is 20.8. The molecule has 2 aromatic rings. The minimum absolute atomic E-state index is 0.0357. The molecule has 0 fully saturated rings. The first-order valence-corrected chi connectivity index (χ1v) is 9.88. The van der Waals surface area contributed by atoms with Crippen LogP contribution in [0.25, 0.3) is 0 Å². The summed E-state index contributed by atoms with van der Waals surface area (Å²) in [7, 11) is 3.59. The third-order valence-electron chi connectivity index (χ3n) is 4.99. The van der Waals surface area contributed by atoms with Gasteiger partial charge in [-0.1, -0.05) is 24.3 Å². The van der Waals surface area contributed by atoms with E-state index in [1.165, 1.54) is 18.2 Å². The van der Waals surface area contributed by atoms with Crippen molar-refractivity contribution in [3.63, 3.8) is 0 Å². The molecule has 0 spiro atoms. The van der Waals surface area contributed by atoms with Crippen LogP contribution in [0.5, 0.6) is 5.75 Å². The van der Waals surface area contributed by atoms with Crippen molar-refractivity contribution in [2.24, 2.45) is 4.99 Å². The number of hydrogen-bond donors (Lipinski definition) is 2. The predicted octanol–water partition coefficient (Wildman–Crippen LogP) is 3.65. The first kappa shape index (κ1) is 21.0. The summed E-state index contributed by atoms with van der Waals surface area (Å²) in [5.41, 5.74) is 1.11. The fourth-order valence-electron chi connectivity index (χ4n) is 3.50. The summed E-state index contributed by atoms with van der Waals surface area (Å²) in [5.74, 6) is 0.356. The van der Waals surface area contributed by atoms with Crippen LogP contribution in [0.3, 0.4) is 0 Å².